The second kappa shape index (κ2) is 6.37. The SMILES string of the molecule is CCc1ncc2c(n1)CN(c1ccc([N+](=O)[O-])cc1S(N)(=O)=O)CC2. The summed E-state index contributed by atoms with van der Waals surface area (Å²) in [6.45, 7) is 2.89. The Morgan fingerprint density at radius 3 is 2.80 bits per heavy atom. The largest absolute Gasteiger partial charge is 0.364 e. The van der Waals surface area contributed by atoms with Crippen molar-refractivity contribution in [3.8, 4) is 0 Å². The topological polar surface area (TPSA) is 132 Å². The quantitative estimate of drug-likeness (QED) is 0.636. The van der Waals surface area contributed by atoms with Crippen molar-refractivity contribution < 1.29 is 13.3 Å². The summed E-state index contributed by atoms with van der Waals surface area (Å²) in [6.07, 6.45) is 3.16. The van der Waals surface area contributed by atoms with Crippen molar-refractivity contribution in [2.24, 2.45) is 5.14 Å². The van der Waals surface area contributed by atoms with Crippen molar-refractivity contribution in [1.29, 1.82) is 0 Å². The van der Waals surface area contributed by atoms with Crippen LogP contribution in [-0.2, 0) is 29.4 Å². The lowest BCUT2D eigenvalue weighted by Gasteiger charge is -2.31. The Hall–Kier alpha value is -2.59. The molecule has 9 nitrogen and oxygen atoms in total. The standard InChI is InChI=1S/C15H17N5O4S/c1-2-15-17-8-10-5-6-19(9-12(10)18-15)13-4-3-11(20(21)22)7-14(13)25(16,23)24/h3-4,7-8H,2,5-6,9H2,1H3,(H2,16,23,24). The number of benzene rings is 1. The summed E-state index contributed by atoms with van der Waals surface area (Å²) >= 11 is 0. The molecule has 0 bridgehead atoms. The maximum atomic E-state index is 11.9. The lowest BCUT2D eigenvalue weighted by Crippen LogP contribution is -2.33. The van der Waals surface area contributed by atoms with Gasteiger partial charge in [-0.1, -0.05) is 6.92 Å². The van der Waals surface area contributed by atoms with Gasteiger partial charge in [-0.2, -0.15) is 0 Å². The van der Waals surface area contributed by atoms with Gasteiger partial charge in [-0.25, -0.2) is 23.5 Å². The van der Waals surface area contributed by atoms with Crippen LogP contribution < -0.4 is 10.0 Å². The Bertz CT molecular complexity index is 945. The molecule has 10 heteroatoms. The summed E-state index contributed by atoms with van der Waals surface area (Å²) < 4.78 is 23.8. The fraction of sp³-hybridized carbons (Fsp3) is 0.333. The van der Waals surface area contributed by atoms with Gasteiger partial charge in [-0.3, -0.25) is 10.1 Å². The highest BCUT2D eigenvalue weighted by molar-refractivity contribution is 7.89. The van der Waals surface area contributed by atoms with E-state index in [0.717, 1.165) is 23.1 Å². The smallest absolute Gasteiger partial charge is 0.270 e. The number of nitrogens with two attached hydrogens (primary N) is 1. The van der Waals surface area contributed by atoms with Crippen LogP contribution in [-0.4, -0.2) is 29.9 Å². The zero-order valence-corrected chi connectivity index (χ0v) is 14.4. The van der Waals surface area contributed by atoms with Crippen LogP contribution in [0.25, 0.3) is 0 Å². The lowest BCUT2D eigenvalue weighted by molar-refractivity contribution is -0.385. The molecule has 3 rings (SSSR count). The minimum Gasteiger partial charge on any atom is -0.364 e. The van der Waals surface area contributed by atoms with Crippen LogP contribution in [0.4, 0.5) is 11.4 Å². The first-order chi connectivity index (χ1) is 11.8. The molecule has 2 aromatic rings. The van der Waals surface area contributed by atoms with E-state index in [0.29, 0.717) is 31.6 Å². The van der Waals surface area contributed by atoms with Gasteiger partial charge < -0.3 is 4.90 Å². The van der Waals surface area contributed by atoms with Gasteiger partial charge in [0.2, 0.25) is 10.0 Å². The first-order valence-electron chi connectivity index (χ1n) is 7.69. The highest BCUT2D eigenvalue weighted by Crippen LogP contribution is 2.31. The van der Waals surface area contributed by atoms with E-state index < -0.39 is 14.9 Å². The second-order valence-corrected chi connectivity index (χ2v) is 7.27. The second-order valence-electron chi connectivity index (χ2n) is 5.74. The molecule has 0 atom stereocenters. The number of nitro benzene ring substituents is 1. The molecule has 0 radical (unpaired) electrons. The van der Waals surface area contributed by atoms with Crippen molar-refractivity contribution in [3.05, 3.63) is 51.6 Å². The van der Waals surface area contributed by atoms with Crippen molar-refractivity contribution in [2.75, 3.05) is 11.4 Å². The summed E-state index contributed by atoms with van der Waals surface area (Å²) in [7, 11) is -4.11. The van der Waals surface area contributed by atoms with E-state index in [2.05, 4.69) is 9.97 Å². The molecular formula is C15H17N5O4S. The molecule has 25 heavy (non-hydrogen) atoms. The number of anilines is 1. The van der Waals surface area contributed by atoms with Gasteiger partial charge >= 0.3 is 0 Å². The third-order valence-electron chi connectivity index (χ3n) is 4.11. The van der Waals surface area contributed by atoms with Crippen LogP contribution in [0.1, 0.15) is 24.0 Å². The number of primary sulfonamides is 1. The van der Waals surface area contributed by atoms with E-state index in [-0.39, 0.29) is 10.6 Å². The fourth-order valence-corrected chi connectivity index (χ4v) is 3.60. The van der Waals surface area contributed by atoms with Crippen LogP contribution in [0.5, 0.6) is 0 Å². The molecule has 0 saturated carbocycles. The molecular weight excluding hydrogens is 346 g/mol. The predicted octanol–water partition coefficient (Wildman–Crippen LogP) is 1.16. The van der Waals surface area contributed by atoms with Gasteiger partial charge in [0.15, 0.2) is 0 Å². The number of aromatic nitrogens is 2. The number of hydrogen-bond donors (Lipinski definition) is 1. The molecule has 0 unspecified atom stereocenters. The number of non-ortho nitro benzene ring substituents is 1. The number of rotatable bonds is 4. The summed E-state index contributed by atoms with van der Waals surface area (Å²) in [6, 6.07) is 3.69. The molecule has 0 spiro atoms. The number of aryl methyl sites for hydroxylation is 1. The van der Waals surface area contributed by atoms with Crippen molar-refractivity contribution in [3.63, 3.8) is 0 Å². The average molecular weight is 363 g/mol. The maximum absolute atomic E-state index is 11.9. The summed E-state index contributed by atoms with van der Waals surface area (Å²) in [5, 5.41) is 16.2. The zero-order valence-electron chi connectivity index (χ0n) is 13.5. The minimum absolute atomic E-state index is 0.255. The molecule has 132 valence electrons. The molecule has 2 heterocycles. The van der Waals surface area contributed by atoms with Gasteiger partial charge in [0, 0.05) is 31.3 Å². The minimum atomic E-state index is -4.11. The monoisotopic (exact) mass is 363 g/mol. The summed E-state index contributed by atoms with van der Waals surface area (Å²) in [4.78, 5) is 20.6. The Morgan fingerprint density at radius 2 is 2.16 bits per heavy atom. The van der Waals surface area contributed by atoms with Gasteiger partial charge in [-0.15, -0.1) is 0 Å². The highest BCUT2D eigenvalue weighted by Gasteiger charge is 2.26. The van der Waals surface area contributed by atoms with Gasteiger partial charge in [0.25, 0.3) is 5.69 Å². The number of hydrogen-bond acceptors (Lipinski definition) is 7. The van der Waals surface area contributed by atoms with E-state index in [9.17, 15) is 18.5 Å². The molecule has 0 amide bonds. The number of nitro groups is 1. The Balaban J connectivity index is 2.03. The molecule has 1 aromatic carbocycles. The van der Waals surface area contributed by atoms with E-state index in [1.54, 1.807) is 6.20 Å². The number of nitrogens with zero attached hydrogens (tertiary/aromatic N) is 4. The lowest BCUT2D eigenvalue weighted by atomic mass is 10.1. The molecule has 1 aromatic heterocycles. The van der Waals surface area contributed by atoms with Gasteiger partial charge in [0.05, 0.1) is 22.8 Å². The third kappa shape index (κ3) is 3.44. The van der Waals surface area contributed by atoms with Gasteiger partial charge in [-0.05, 0) is 18.1 Å². The highest BCUT2D eigenvalue weighted by atomic mass is 32.2. The maximum Gasteiger partial charge on any atom is 0.270 e. The average Bonchev–Trinajstić information content (AvgIpc) is 2.59. The van der Waals surface area contributed by atoms with E-state index in [4.69, 9.17) is 5.14 Å². The summed E-state index contributed by atoms with van der Waals surface area (Å²) in [5.41, 5.74) is 1.88. The summed E-state index contributed by atoms with van der Waals surface area (Å²) in [5.74, 6) is 0.718. The third-order valence-corrected chi connectivity index (χ3v) is 5.05. The van der Waals surface area contributed by atoms with Gasteiger partial charge in [0.1, 0.15) is 10.7 Å². The molecule has 1 aliphatic rings. The Labute approximate surface area is 144 Å². The molecule has 2 N–H and O–H groups in total. The molecule has 0 fully saturated rings. The van der Waals surface area contributed by atoms with Crippen LogP contribution in [0.3, 0.4) is 0 Å². The normalized spacial score (nSPS) is 14.2. The first kappa shape index (κ1) is 17.2. The van der Waals surface area contributed by atoms with Crippen LogP contribution in [0.2, 0.25) is 0 Å². The zero-order chi connectivity index (χ0) is 18.2. The number of fused-ring (bicyclic) bond motifs is 1. The van der Waals surface area contributed by atoms with Crippen LogP contribution in [0, 0.1) is 10.1 Å². The van der Waals surface area contributed by atoms with E-state index >= 15 is 0 Å². The fourth-order valence-electron chi connectivity index (χ4n) is 2.83. The van der Waals surface area contributed by atoms with E-state index in [1.165, 1.54) is 12.1 Å². The van der Waals surface area contributed by atoms with Crippen molar-refractivity contribution in [1.82, 2.24) is 9.97 Å². The van der Waals surface area contributed by atoms with Crippen LogP contribution >= 0.6 is 0 Å². The van der Waals surface area contributed by atoms with E-state index in [1.807, 2.05) is 11.8 Å². The van der Waals surface area contributed by atoms with Crippen molar-refractivity contribution >= 4 is 21.4 Å². The molecule has 0 aliphatic carbocycles. The Morgan fingerprint density at radius 1 is 1.40 bits per heavy atom. The molecule has 1 aliphatic heterocycles. The molecule has 0 saturated heterocycles. The van der Waals surface area contributed by atoms with Crippen LogP contribution in [0.15, 0.2) is 29.3 Å². The number of sulfonamides is 1. The van der Waals surface area contributed by atoms with Crippen molar-refractivity contribution in [2.45, 2.75) is 31.2 Å². The predicted molar refractivity (Wildman–Crippen MR) is 90.6 cm³/mol. The first-order valence-corrected chi connectivity index (χ1v) is 9.24. The Kier molecular flexibility index (Phi) is 4.39.